The first-order valence-electron chi connectivity index (χ1n) is 16.8. The van der Waals surface area contributed by atoms with E-state index < -0.39 is 6.04 Å². The maximum absolute atomic E-state index is 13.6. The fourth-order valence-electron chi connectivity index (χ4n) is 7.29. The molecule has 1 aliphatic heterocycles. The highest BCUT2D eigenvalue weighted by atomic mass is 16.5. The number of hydrogen-bond acceptors (Lipinski definition) is 5. The summed E-state index contributed by atoms with van der Waals surface area (Å²) in [6.45, 7) is 3.62. The molecule has 1 aliphatic carbocycles. The van der Waals surface area contributed by atoms with E-state index in [0.29, 0.717) is 5.75 Å². The molecule has 240 valence electrons. The van der Waals surface area contributed by atoms with Crippen LogP contribution in [-0.4, -0.2) is 40.3 Å². The average Bonchev–Trinajstić information content (AvgIpc) is 3.11. The molecule has 6 rings (SSSR count). The number of amides is 1. The molecule has 4 aromatic carbocycles. The number of carbonyl (C=O) groups is 1. The van der Waals surface area contributed by atoms with Crippen molar-refractivity contribution >= 4 is 5.91 Å². The van der Waals surface area contributed by atoms with Gasteiger partial charge in [-0.05, 0) is 72.4 Å². The molecule has 1 heterocycles. The maximum atomic E-state index is 13.6. The van der Waals surface area contributed by atoms with Crippen molar-refractivity contribution in [1.29, 1.82) is 0 Å². The number of ether oxygens (including phenoxy) is 1. The number of rotatable bonds is 11. The van der Waals surface area contributed by atoms with Crippen LogP contribution in [0.3, 0.4) is 0 Å². The molecule has 0 radical (unpaired) electrons. The molecule has 0 saturated heterocycles. The van der Waals surface area contributed by atoms with Crippen LogP contribution in [0.15, 0.2) is 103 Å². The summed E-state index contributed by atoms with van der Waals surface area (Å²) in [5.74, 6) is 0.896. The van der Waals surface area contributed by atoms with Gasteiger partial charge in [0.05, 0.1) is 12.6 Å². The molecule has 0 bridgehead atoms. The van der Waals surface area contributed by atoms with E-state index in [1.807, 2.05) is 48.5 Å². The number of aryl methyl sites for hydroxylation is 1. The summed E-state index contributed by atoms with van der Waals surface area (Å²) in [6, 6.07) is 34.5. The molecular formula is C40H46N2O4. The zero-order valence-electron chi connectivity index (χ0n) is 26.7. The lowest BCUT2D eigenvalue weighted by Crippen LogP contribution is -2.39. The van der Waals surface area contributed by atoms with Crippen molar-refractivity contribution in [3.63, 3.8) is 0 Å². The Balaban J connectivity index is 1.17. The van der Waals surface area contributed by atoms with Crippen molar-refractivity contribution < 1.29 is 19.7 Å². The summed E-state index contributed by atoms with van der Waals surface area (Å²) in [7, 11) is 0. The summed E-state index contributed by atoms with van der Waals surface area (Å²) >= 11 is 0. The second-order valence-corrected chi connectivity index (χ2v) is 13.0. The fourth-order valence-corrected chi connectivity index (χ4v) is 7.29. The third-order valence-corrected chi connectivity index (χ3v) is 9.96. The topological polar surface area (TPSA) is 82.0 Å². The molecular weight excluding hydrogens is 572 g/mol. The van der Waals surface area contributed by atoms with Crippen LogP contribution in [0.5, 0.6) is 11.5 Å². The second-order valence-electron chi connectivity index (χ2n) is 13.0. The molecule has 1 fully saturated rings. The van der Waals surface area contributed by atoms with Gasteiger partial charge in [0, 0.05) is 25.0 Å². The zero-order chi connectivity index (χ0) is 31.9. The standard InChI is InChI=1S/C40H46N2O4/c1-28(30-11-4-2-5-12-30)42(26-34-24-23-33-15-10-18-38(44)39(33)46-34)25-29-19-21-31(22-20-29)35-16-8-9-17-36(35)40(45)41-37(27-43)32-13-6-3-7-14-32/h2-7,10-15,18-22,28,34-37,43-44H,8-9,16-17,23-27H2,1H3,(H,41,45)/t28?,34?,35-,36+,37+/m1/s1. The monoisotopic (exact) mass is 618 g/mol. The molecule has 2 unspecified atom stereocenters. The van der Waals surface area contributed by atoms with Gasteiger partial charge in [-0.2, -0.15) is 0 Å². The predicted octanol–water partition coefficient (Wildman–Crippen LogP) is 7.47. The highest BCUT2D eigenvalue weighted by Gasteiger charge is 2.33. The number of aliphatic hydroxyl groups is 1. The summed E-state index contributed by atoms with van der Waals surface area (Å²) in [4.78, 5) is 16.0. The number of benzene rings is 4. The minimum Gasteiger partial charge on any atom is -0.504 e. The van der Waals surface area contributed by atoms with Gasteiger partial charge in [0.1, 0.15) is 6.10 Å². The van der Waals surface area contributed by atoms with Crippen molar-refractivity contribution in [3.05, 3.63) is 131 Å². The van der Waals surface area contributed by atoms with Gasteiger partial charge < -0.3 is 20.3 Å². The van der Waals surface area contributed by atoms with Gasteiger partial charge in [0.2, 0.25) is 5.91 Å². The third-order valence-electron chi connectivity index (χ3n) is 9.96. The van der Waals surface area contributed by atoms with E-state index in [-0.39, 0.29) is 42.2 Å². The Labute approximate surface area is 273 Å². The van der Waals surface area contributed by atoms with E-state index in [1.54, 1.807) is 6.07 Å². The highest BCUT2D eigenvalue weighted by molar-refractivity contribution is 5.80. The van der Waals surface area contributed by atoms with Crippen molar-refractivity contribution in [2.45, 2.75) is 76.1 Å². The molecule has 0 spiro atoms. The maximum Gasteiger partial charge on any atom is 0.224 e. The van der Waals surface area contributed by atoms with Crippen LogP contribution in [0.4, 0.5) is 0 Å². The van der Waals surface area contributed by atoms with Crippen molar-refractivity contribution in [1.82, 2.24) is 10.2 Å². The highest BCUT2D eigenvalue weighted by Crippen LogP contribution is 2.39. The molecule has 46 heavy (non-hydrogen) atoms. The van der Waals surface area contributed by atoms with E-state index in [1.165, 1.54) is 16.7 Å². The van der Waals surface area contributed by atoms with Gasteiger partial charge in [0.25, 0.3) is 0 Å². The Morgan fingerprint density at radius 1 is 0.870 bits per heavy atom. The van der Waals surface area contributed by atoms with E-state index >= 15 is 0 Å². The first kappa shape index (κ1) is 31.8. The Morgan fingerprint density at radius 3 is 2.28 bits per heavy atom. The van der Waals surface area contributed by atoms with Crippen molar-refractivity contribution in [2.24, 2.45) is 5.92 Å². The molecule has 6 heteroatoms. The first-order chi connectivity index (χ1) is 22.5. The lowest BCUT2D eigenvalue weighted by molar-refractivity contribution is -0.127. The molecule has 6 nitrogen and oxygen atoms in total. The van der Waals surface area contributed by atoms with Crippen LogP contribution in [-0.2, 0) is 17.8 Å². The second kappa shape index (κ2) is 15.0. The summed E-state index contributed by atoms with van der Waals surface area (Å²) in [5, 5.41) is 23.6. The van der Waals surface area contributed by atoms with Gasteiger partial charge in [-0.25, -0.2) is 0 Å². The van der Waals surface area contributed by atoms with Crippen LogP contribution >= 0.6 is 0 Å². The molecule has 1 saturated carbocycles. The van der Waals surface area contributed by atoms with E-state index in [2.05, 4.69) is 65.7 Å². The minimum absolute atomic E-state index is 0.0219. The summed E-state index contributed by atoms with van der Waals surface area (Å²) in [5.41, 5.74) is 5.66. The van der Waals surface area contributed by atoms with Crippen molar-refractivity contribution in [2.75, 3.05) is 13.2 Å². The normalized spacial score (nSPS) is 20.7. The Hall–Kier alpha value is -4.13. The van der Waals surface area contributed by atoms with E-state index in [0.717, 1.165) is 62.7 Å². The number of aliphatic hydroxyl groups excluding tert-OH is 1. The van der Waals surface area contributed by atoms with Crippen LogP contribution in [0.1, 0.15) is 84.8 Å². The van der Waals surface area contributed by atoms with Crippen LogP contribution in [0.2, 0.25) is 0 Å². The number of phenolic OH excluding ortho intramolecular Hbond substituents is 1. The Morgan fingerprint density at radius 2 is 1.57 bits per heavy atom. The smallest absolute Gasteiger partial charge is 0.224 e. The lowest BCUT2D eigenvalue weighted by atomic mass is 9.74. The fraction of sp³-hybridized carbons (Fsp3) is 0.375. The Bertz CT molecular complexity index is 1560. The number of carbonyl (C=O) groups excluding carboxylic acids is 1. The van der Waals surface area contributed by atoms with Gasteiger partial charge in [-0.1, -0.05) is 110 Å². The largest absolute Gasteiger partial charge is 0.504 e. The number of hydrogen-bond donors (Lipinski definition) is 3. The summed E-state index contributed by atoms with van der Waals surface area (Å²) in [6.07, 6.45) is 5.76. The number of nitrogens with zero attached hydrogens (tertiary/aromatic N) is 1. The van der Waals surface area contributed by atoms with Crippen molar-refractivity contribution in [3.8, 4) is 11.5 Å². The lowest BCUT2D eigenvalue weighted by Gasteiger charge is -2.35. The molecule has 3 N–H and O–H groups in total. The molecule has 0 aromatic heterocycles. The predicted molar refractivity (Wildman–Crippen MR) is 182 cm³/mol. The Kier molecular flexibility index (Phi) is 10.4. The molecule has 5 atom stereocenters. The van der Waals surface area contributed by atoms with Gasteiger partial charge in [-0.15, -0.1) is 0 Å². The number of aromatic hydroxyl groups is 1. The molecule has 1 amide bonds. The van der Waals surface area contributed by atoms with Gasteiger partial charge in [0.15, 0.2) is 11.5 Å². The number of fused-ring (bicyclic) bond motifs is 1. The average molecular weight is 619 g/mol. The minimum atomic E-state index is -0.401. The third kappa shape index (κ3) is 7.46. The molecule has 2 aliphatic rings. The van der Waals surface area contributed by atoms with E-state index in [9.17, 15) is 15.0 Å². The van der Waals surface area contributed by atoms with Crippen LogP contribution in [0, 0.1) is 5.92 Å². The number of nitrogens with one attached hydrogen (secondary N) is 1. The van der Waals surface area contributed by atoms with Gasteiger partial charge >= 0.3 is 0 Å². The van der Waals surface area contributed by atoms with Gasteiger partial charge in [-0.3, -0.25) is 9.69 Å². The quantitative estimate of drug-likeness (QED) is 0.162. The van der Waals surface area contributed by atoms with Crippen LogP contribution < -0.4 is 10.1 Å². The van der Waals surface area contributed by atoms with Crippen LogP contribution in [0.25, 0.3) is 0 Å². The molecule has 4 aromatic rings. The SMILES string of the molecule is CC(c1ccccc1)N(Cc1ccc([C@H]2CCCC[C@@H]2C(=O)N[C@@H](CO)c2ccccc2)cc1)CC1CCc2cccc(O)c2O1. The number of phenols is 1. The summed E-state index contributed by atoms with van der Waals surface area (Å²) < 4.78 is 6.37. The first-order valence-corrected chi connectivity index (χ1v) is 16.8. The van der Waals surface area contributed by atoms with E-state index in [4.69, 9.17) is 4.74 Å². The zero-order valence-corrected chi connectivity index (χ0v) is 26.7. The number of para-hydroxylation sites is 1.